The highest BCUT2D eigenvalue weighted by Crippen LogP contribution is 2.07. The SMILES string of the molecule is CC/C(C)=C/CSC/C=C(\C)CCl. The first-order valence-corrected chi connectivity index (χ1v) is 6.34. The lowest BCUT2D eigenvalue weighted by Crippen LogP contribution is -1.82. The Morgan fingerprint density at radius 3 is 2.15 bits per heavy atom. The predicted molar refractivity (Wildman–Crippen MR) is 65.9 cm³/mol. The third-order valence-corrected chi connectivity index (χ3v) is 3.09. The van der Waals surface area contributed by atoms with Crippen LogP contribution in [-0.4, -0.2) is 17.4 Å². The molecule has 0 atom stereocenters. The van der Waals surface area contributed by atoms with E-state index in [1.807, 2.05) is 11.8 Å². The van der Waals surface area contributed by atoms with E-state index in [2.05, 4.69) is 32.9 Å². The minimum Gasteiger partial charge on any atom is -0.154 e. The number of thioether (sulfide) groups is 1. The van der Waals surface area contributed by atoms with E-state index in [9.17, 15) is 0 Å². The summed E-state index contributed by atoms with van der Waals surface area (Å²) in [6.45, 7) is 6.44. The monoisotopic (exact) mass is 218 g/mol. The van der Waals surface area contributed by atoms with Gasteiger partial charge >= 0.3 is 0 Å². The summed E-state index contributed by atoms with van der Waals surface area (Å²) in [6, 6.07) is 0. The largest absolute Gasteiger partial charge is 0.154 e. The number of alkyl halides is 1. The van der Waals surface area contributed by atoms with Crippen molar-refractivity contribution in [3.8, 4) is 0 Å². The molecule has 0 fully saturated rings. The Morgan fingerprint density at radius 1 is 1.15 bits per heavy atom. The van der Waals surface area contributed by atoms with Crippen LogP contribution in [0.2, 0.25) is 0 Å². The molecule has 0 aromatic rings. The van der Waals surface area contributed by atoms with E-state index in [0.29, 0.717) is 5.88 Å². The zero-order valence-electron chi connectivity index (χ0n) is 8.77. The zero-order valence-corrected chi connectivity index (χ0v) is 10.3. The van der Waals surface area contributed by atoms with Gasteiger partial charge in [0, 0.05) is 17.4 Å². The maximum absolute atomic E-state index is 5.65. The normalized spacial score (nSPS) is 13.5. The van der Waals surface area contributed by atoms with Crippen molar-refractivity contribution >= 4 is 23.4 Å². The second-order valence-corrected chi connectivity index (χ2v) is 4.47. The van der Waals surface area contributed by atoms with E-state index >= 15 is 0 Å². The number of hydrogen-bond acceptors (Lipinski definition) is 1. The van der Waals surface area contributed by atoms with Crippen LogP contribution >= 0.6 is 23.4 Å². The van der Waals surface area contributed by atoms with Gasteiger partial charge < -0.3 is 0 Å². The molecule has 0 spiro atoms. The maximum atomic E-state index is 5.65. The molecule has 13 heavy (non-hydrogen) atoms. The lowest BCUT2D eigenvalue weighted by molar-refractivity contribution is 1.09. The average molecular weight is 219 g/mol. The summed E-state index contributed by atoms with van der Waals surface area (Å²) >= 11 is 7.58. The zero-order chi connectivity index (χ0) is 10.1. The summed E-state index contributed by atoms with van der Waals surface area (Å²) in [4.78, 5) is 0. The fraction of sp³-hybridized carbons (Fsp3) is 0.636. The Kier molecular flexibility index (Phi) is 8.79. The van der Waals surface area contributed by atoms with Crippen molar-refractivity contribution in [3.63, 3.8) is 0 Å². The maximum Gasteiger partial charge on any atom is 0.0431 e. The van der Waals surface area contributed by atoms with Crippen molar-refractivity contribution in [1.29, 1.82) is 0 Å². The van der Waals surface area contributed by atoms with Gasteiger partial charge in [-0.2, -0.15) is 11.8 Å². The topological polar surface area (TPSA) is 0 Å². The summed E-state index contributed by atoms with van der Waals surface area (Å²) in [5.41, 5.74) is 2.75. The molecule has 0 unspecified atom stereocenters. The van der Waals surface area contributed by atoms with E-state index in [0.717, 1.165) is 17.9 Å². The van der Waals surface area contributed by atoms with E-state index in [-0.39, 0.29) is 0 Å². The number of hydrogen-bond donors (Lipinski definition) is 0. The van der Waals surface area contributed by atoms with Gasteiger partial charge in [-0.15, -0.1) is 11.6 Å². The number of rotatable bonds is 6. The highest BCUT2D eigenvalue weighted by atomic mass is 35.5. The van der Waals surface area contributed by atoms with Gasteiger partial charge in [-0.25, -0.2) is 0 Å². The van der Waals surface area contributed by atoms with Gasteiger partial charge in [0.05, 0.1) is 0 Å². The molecule has 0 radical (unpaired) electrons. The van der Waals surface area contributed by atoms with Gasteiger partial charge in [0.15, 0.2) is 0 Å². The molecule has 0 aromatic carbocycles. The Balaban J connectivity index is 3.47. The van der Waals surface area contributed by atoms with Crippen molar-refractivity contribution in [3.05, 3.63) is 23.3 Å². The average Bonchev–Trinajstić information content (AvgIpc) is 2.16. The van der Waals surface area contributed by atoms with E-state index in [1.54, 1.807) is 0 Å². The molecule has 0 aliphatic heterocycles. The number of halogens is 1. The predicted octanol–water partition coefficient (Wildman–Crippen LogP) is 4.26. The van der Waals surface area contributed by atoms with Crippen molar-refractivity contribution in [2.24, 2.45) is 0 Å². The molecule has 0 bridgehead atoms. The van der Waals surface area contributed by atoms with Gasteiger partial charge in [0.2, 0.25) is 0 Å². The van der Waals surface area contributed by atoms with Crippen LogP contribution < -0.4 is 0 Å². The molecular weight excluding hydrogens is 200 g/mol. The second-order valence-electron chi connectivity index (χ2n) is 3.13. The van der Waals surface area contributed by atoms with Crippen LogP contribution in [0.15, 0.2) is 23.3 Å². The quantitative estimate of drug-likeness (QED) is 0.365. The second kappa shape index (κ2) is 8.71. The van der Waals surface area contributed by atoms with Crippen LogP contribution in [0.4, 0.5) is 0 Å². The summed E-state index contributed by atoms with van der Waals surface area (Å²) in [6.07, 6.45) is 5.67. The van der Waals surface area contributed by atoms with Crippen LogP contribution in [-0.2, 0) is 0 Å². The summed E-state index contributed by atoms with van der Waals surface area (Å²) in [5, 5.41) is 0. The summed E-state index contributed by atoms with van der Waals surface area (Å²) < 4.78 is 0. The van der Waals surface area contributed by atoms with E-state index in [1.165, 1.54) is 11.1 Å². The molecule has 0 aliphatic rings. The van der Waals surface area contributed by atoms with Gasteiger partial charge in [0.25, 0.3) is 0 Å². The molecule has 0 aliphatic carbocycles. The summed E-state index contributed by atoms with van der Waals surface area (Å²) in [5.74, 6) is 2.85. The molecule has 0 saturated carbocycles. The van der Waals surface area contributed by atoms with Gasteiger partial charge in [-0.3, -0.25) is 0 Å². The van der Waals surface area contributed by atoms with Crippen molar-refractivity contribution in [1.82, 2.24) is 0 Å². The molecule has 0 saturated heterocycles. The van der Waals surface area contributed by atoms with Crippen LogP contribution in [0, 0.1) is 0 Å². The minimum absolute atomic E-state index is 0.657. The molecule has 0 N–H and O–H groups in total. The van der Waals surface area contributed by atoms with Crippen LogP contribution in [0.5, 0.6) is 0 Å². The highest BCUT2D eigenvalue weighted by molar-refractivity contribution is 7.99. The van der Waals surface area contributed by atoms with E-state index in [4.69, 9.17) is 11.6 Å². The van der Waals surface area contributed by atoms with Crippen molar-refractivity contribution in [2.75, 3.05) is 17.4 Å². The standard InChI is InChI=1S/C11H19ClS/c1-4-10(2)5-7-13-8-6-11(3)9-12/h5-6H,4,7-9H2,1-3H3/b10-5+,11-6+. The Labute approximate surface area is 91.4 Å². The molecule has 76 valence electrons. The minimum atomic E-state index is 0.657. The molecule has 0 heterocycles. The Hall–Kier alpha value is 0.120. The molecular formula is C11H19ClS. The molecule has 0 nitrogen and oxygen atoms in total. The van der Waals surface area contributed by atoms with Crippen molar-refractivity contribution < 1.29 is 0 Å². The molecule has 0 amide bonds. The first kappa shape index (κ1) is 13.1. The third kappa shape index (κ3) is 8.45. The first-order chi connectivity index (χ1) is 6.20. The molecule has 0 aromatic heterocycles. The summed E-state index contributed by atoms with van der Waals surface area (Å²) in [7, 11) is 0. The van der Waals surface area contributed by atoms with Gasteiger partial charge in [0.1, 0.15) is 0 Å². The first-order valence-electron chi connectivity index (χ1n) is 4.65. The Bertz CT molecular complexity index is 163. The fourth-order valence-electron chi connectivity index (χ4n) is 0.669. The van der Waals surface area contributed by atoms with Gasteiger partial charge in [-0.1, -0.05) is 30.2 Å². The highest BCUT2D eigenvalue weighted by Gasteiger charge is 1.87. The molecule has 2 heteroatoms. The third-order valence-electron chi connectivity index (χ3n) is 1.87. The van der Waals surface area contributed by atoms with Crippen LogP contribution in [0.25, 0.3) is 0 Å². The fourth-order valence-corrected chi connectivity index (χ4v) is 1.72. The smallest absolute Gasteiger partial charge is 0.0431 e. The van der Waals surface area contributed by atoms with Crippen molar-refractivity contribution in [2.45, 2.75) is 27.2 Å². The van der Waals surface area contributed by atoms with E-state index < -0.39 is 0 Å². The van der Waals surface area contributed by atoms with Gasteiger partial charge in [-0.05, 0) is 20.3 Å². The lowest BCUT2D eigenvalue weighted by atomic mass is 10.2. The Morgan fingerprint density at radius 2 is 1.69 bits per heavy atom. The lowest BCUT2D eigenvalue weighted by Gasteiger charge is -1.96. The number of allylic oxidation sites excluding steroid dienone is 2. The van der Waals surface area contributed by atoms with Crippen LogP contribution in [0.1, 0.15) is 27.2 Å². The van der Waals surface area contributed by atoms with Crippen LogP contribution in [0.3, 0.4) is 0 Å². The molecule has 0 rings (SSSR count).